The third kappa shape index (κ3) is 13.3. The van der Waals surface area contributed by atoms with Crippen molar-refractivity contribution in [3.63, 3.8) is 0 Å². The van der Waals surface area contributed by atoms with Crippen LogP contribution in [0.25, 0.3) is 0 Å². The second-order valence-corrected chi connectivity index (χ2v) is 4.74. The maximum absolute atomic E-state index is 11.2. The van der Waals surface area contributed by atoms with E-state index in [9.17, 15) is 19.2 Å². The molecule has 0 heterocycles. The van der Waals surface area contributed by atoms with Gasteiger partial charge in [-0.05, 0) is 19.9 Å². The van der Waals surface area contributed by atoms with Crippen LogP contribution in [0.5, 0.6) is 0 Å². The number of benzene rings is 1. The van der Waals surface area contributed by atoms with Crippen molar-refractivity contribution in [2.45, 2.75) is 13.8 Å². The number of hydrogen-bond donors (Lipinski definition) is 0. The third-order valence-electron chi connectivity index (χ3n) is 2.22. The summed E-state index contributed by atoms with van der Waals surface area (Å²) in [6, 6.07) is 4.19. The van der Waals surface area contributed by atoms with Gasteiger partial charge in [-0.25, -0.2) is 4.79 Å². The fraction of sp³-hybridized carbons (Fsp3) is 0.333. The Kier molecular flexibility index (Phi) is 15.7. The largest absolute Gasteiger partial charge is 0.465 e. The van der Waals surface area contributed by atoms with Gasteiger partial charge < -0.3 is 14.2 Å². The Morgan fingerprint density at radius 3 is 2.08 bits per heavy atom. The van der Waals surface area contributed by atoms with Gasteiger partial charge in [0.15, 0.2) is 6.29 Å². The summed E-state index contributed by atoms with van der Waals surface area (Å²) in [5.41, 5.74) is 1.81. The summed E-state index contributed by atoms with van der Waals surface area (Å²) in [4.78, 5) is 41.5. The van der Waals surface area contributed by atoms with Crippen molar-refractivity contribution < 1.29 is 33.4 Å². The van der Waals surface area contributed by atoms with Gasteiger partial charge in [-0.3, -0.25) is 14.4 Å². The van der Waals surface area contributed by atoms with Crippen LogP contribution in [-0.4, -0.2) is 52.4 Å². The summed E-state index contributed by atoms with van der Waals surface area (Å²) in [7, 11) is 2.76. The molecule has 1 aromatic rings. The average Bonchev–Trinajstić information content (AvgIpc) is 2.61. The summed E-state index contributed by atoms with van der Waals surface area (Å²) in [6.45, 7) is 8.72. The summed E-state index contributed by atoms with van der Waals surface area (Å²) in [6.07, 6.45) is 1.14. The molecule has 0 saturated carbocycles. The molecule has 0 radical (unpaired) electrons. The smallest absolute Gasteiger partial charge is 0.338 e. The molecule has 138 valence electrons. The van der Waals surface area contributed by atoms with E-state index in [0.29, 0.717) is 37.8 Å². The lowest BCUT2D eigenvalue weighted by Gasteiger charge is -2.02. The maximum atomic E-state index is 11.2. The quantitative estimate of drug-likeness (QED) is 0.322. The molecule has 0 spiro atoms. The number of allylic oxidation sites excluding steroid dienone is 1. The highest BCUT2D eigenvalue weighted by atomic mass is 16.5. The summed E-state index contributed by atoms with van der Waals surface area (Å²) >= 11 is 0. The van der Waals surface area contributed by atoms with E-state index in [2.05, 4.69) is 20.8 Å². The molecule has 0 fully saturated rings. The number of hydrogen-bond acceptors (Lipinski definition) is 7. The molecule has 0 bridgehead atoms. The zero-order valence-electron chi connectivity index (χ0n) is 14.9. The molecule has 7 nitrogen and oxygen atoms in total. The van der Waals surface area contributed by atoms with Gasteiger partial charge in [-0.1, -0.05) is 17.7 Å². The van der Waals surface area contributed by atoms with E-state index in [1.807, 2.05) is 13.8 Å². The lowest BCUT2D eigenvalue weighted by Crippen LogP contribution is -2.06. The fourth-order valence-corrected chi connectivity index (χ4v) is 1.22. The van der Waals surface area contributed by atoms with Crippen molar-refractivity contribution in [2.75, 3.05) is 27.4 Å². The van der Waals surface area contributed by atoms with E-state index in [-0.39, 0.29) is 11.1 Å². The summed E-state index contributed by atoms with van der Waals surface area (Å²) in [5.74, 6) is -0.629. The van der Waals surface area contributed by atoms with Crippen LogP contribution >= 0.6 is 0 Å². The first-order valence-corrected chi connectivity index (χ1v) is 7.16. The summed E-state index contributed by atoms with van der Waals surface area (Å²) in [5, 5.41) is 0. The predicted octanol–water partition coefficient (Wildman–Crippen LogP) is 2.49. The minimum Gasteiger partial charge on any atom is -0.465 e. The number of methoxy groups -OCH3 is 2. The normalized spacial score (nSPS) is 8.48. The van der Waals surface area contributed by atoms with Gasteiger partial charge in [0.1, 0.15) is 12.9 Å². The zero-order chi connectivity index (χ0) is 19.7. The fourth-order valence-electron chi connectivity index (χ4n) is 1.22. The molecule has 1 rings (SSSR count). The molecular weight excluding hydrogens is 328 g/mol. The monoisotopic (exact) mass is 352 g/mol. The van der Waals surface area contributed by atoms with Crippen LogP contribution in [0.3, 0.4) is 0 Å². The molecule has 1 aromatic carbocycles. The molecule has 0 aliphatic heterocycles. The SMILES string of the molecule is C=C(C)C.COC(=O)c1cc(C=O)ccc1C=O.COCCOC=O. The van der Waals surface area contributed by atoms with Gasteiger partial charge in [-0.2, -0.15) is 0 Å². The molecule has 0 saturated heterocycles. The lowest BCUT2D eigenvalue weighted by atomic mass is 10.1. The first kappa shape index (κ1) is 24.5. The molecule has 0 aliphatic rings. The van der Waals surface area contributed by atoms with Gasteiger partial charge in [-0.15, -0.1) is 6.58 Å². The molecular formula is C18H24O7. The van der Waals surface area contributed by atoms with E-state index in [4.69, 9.17) is 0 Å². The molecule has 0 atom stereocenters. The Hall–Kier alpha value is -2.80. The van der Waals surface area contributed by atoms with Crippen molar-refractivity contribution in [2.24, 2.45) is 0 Å². The molecule has 0 unspecified atom stereocenters. The van der Waals surface area contributed by atoms with E-state index in [0.717, 1.165) is 0 Å². The highest BCUT2D eigenvalue weighted by Crippen LogP contribution is 2.10. The van der Waals surface area contributed by atoms with Gasteiger partial charge in [0.25, 0.3) is 6.47 Å². The van der Waals surface area contributed by atoms with Gasteiger partial charge in [0.2, 0.25) is 0 Å². The van der Waals surface area contributed by atoms with Crippen molar-refractivity contribution in [3.05, 3.63) is 47.0 Å². The lowest BCUT2D eigenvalue weighted by molar-refractivity contribution is -0.129. The van der Waals surface area contributed by atoms with Crippen LogP contribution in [0.15, 0.2) is 30.4 Å². The number of carbonyl (C=O) groups is 4. The van der Waals surface area contributed by atoms with Crippen LogP contribution in [0, 0.1) is 0 Å². The number of ether oxygens (including phenoxy) is 3. The van der Waals surface area contributed by atoms with Crippen LogP contribution in [0.2, 0.25) is 0 Å². The predicted molar refractivity (Wildman–Crippen MR) is 92.9 cm³/mol. The van der Waals surface area contributed by atoms with Gasteiger partial charge >= 0.3 is 5.97 Å². The van der Waals surface area contributed by atoms with Gasteiger partial charge in [0, 0.05) is 18.2 Å². The first-order valence-electron chi connectivity index (χ1n) is 7.16. The minimum absolute atomic E-state index is 0.104. The molecule has 0 aromatic heterocycles. The average molecular weight is 352 g/mol. The number of aldehydes is 2. The number of carbonyl (C=O) groups excluding carboxylic acids is 4. The van der Waals surface area contributed by atoms with Crippen molar-refractivity contribution in [1.29, 1.82) is 0 Å². The van der Waals surface area contributed by atoms with E-state index >= 15 is 0 Å². The second kappa shape index (κ2) is 16.1. The highest BCUT2D eigenvalue weighted by molar-refractivity contribution is 5.99. The van der Waals surface area contributed by atoms with Crippen LogP contribution < -0.4 is 0 Å². The molecule has 0 amide bonds. The molecule has 0 N–H and O–H groups in total. The van der Waals surface area contributed by atoms with Crippen LogP contribution in [0.4, 0.5) is 0 Å². The highest BCUT2D eigenvalue weighted by Gasteiger charge is 2.11. The third-order valence-corrected chi connectivity index (χ3v) is 2.22. The Balaban J connectivity index is 0. The topological polar surface area (TPSA) is 96.0 Å². The maximum Gasteiger partial charge on any atom is 0.338 e. The van der Waals surface area contributed by atoms with E-state index in [1.54, 1.807) is 7.11 Å². The second-order valence-electron chi connectivity index (χ2n) is 4.74. The van der Waals surface area contributed by atoms with Crippen LogP contribution in [0.1, 0.15) is 44.9 Å². The van der Waals surface area contributed by atoms with Crippen molar-refractivity contribution in [3.8, 4) is 0 Å². The molecule has 0 aliphatic carbocycles. The van der Waals surface area contributed by atoms with E-state index < -0.39 is 5.97 Å². The minimum atomic E-state index is -0.629. The number of rotatable bonds is 7. The molecule has 7 heteroatoms. The Morgan fingerprint density at radius 1 is 1.08 bits per heavy atom. The van der Waals surface area contributed by atoms with Gasteiger partial charge in [0.05, 0.1) is 19.3 Å². The first-order chi connectivity index (χ1) is 11.9. The Labute approximate surface area is 147 Å². The molecule has 25 heavy (non-hydrogen) atoms. The van der Waals surface area contributed by atoms with Crippen molar-refractivity contribution >= 4 is 25.0 Å². The Morgan fingerprint density at radius 2 is 1.68 bits per heavy atom. The number of esters is 1. The summed E-state index contributed by atoms with van der Waals surface area (Å²) < 4.78 is 13.3. The van der Waals surface area contributed by atoms with Crippen LogP contribution in [-0.2, 0) is 19.0 Å². The Bertz CT molecular complexity index is 561. The van der Waals surface area contributed by atoms with E-state index in [1.165, 1.54) is 30.9 Å². The van der Waals surface area contributed by atoms with Crippen molar-refractivity contribution in [1.82, 2.24) is 0 Å². The zero-order valence-corrected chi connectivity index (χ0v) is 14.9. The standard InChI is InChI=1S/C10H8O4.C4H8O3.C4H8/c1-14-10(13)9-4-7(5-11)2-3-8(9)6-12;1-6-2-3-7-4-5;1-4(2)3/h2-6H,1H3;4H,2-3H2,1H3;1H2,2-3H3.